The molecule has 1 aromatic carbocycles. The lowest BCUT2D eigenvalue weighted by Gasteiger charge is -2.38. The quantitative estimate of drug-likeness (QED) is 0.841. The fourth-order valence-electron chi connectivity index (χ4n) is 3.01. The van der Waals surface area contributed by atoms with Crippen LogP contribution in [0.3, 0.4) is 0 Å². The monoisotopic (exact) mass is 300 g/mol. The van der Waals surface area contributed by atoms with E-state index in [2.05, 4.69) is 0 Å². The molecule has 0 unspecified atom stereocenters. The molecule has 2 atom stereocenters. The van der Waals surface area contributed by atoms with Crippen molar-refractivity contribution in [3.63, 3.8) is 0 Å². The summed E-state index contributed by atoms with van der Waals surface area (Å²) in [6.45, 7) is -0.248. The molecule has 7 heteroatoms. The van der Waals surface area contributed by atoms with Crippen molar-refractivity contribution >= 4 is 12.1 Å². The highest BCUT2D eigenvalue weighted by atomic mass is 19.3. The van der Waals surface area contributed by atoms with Crippen molar-refractivity contribution in [3.8, 4) is 0 Å². The smallest absolute Gasteiger partial charge is 0.477 e. The van der Waals surface area contributed by atoms with E-state index in [0.717, 1.165) is 6.92 Å². The fraction of sp³-hybridized carbons (Fsp3) is 0.429. The number of hydrogen-bond donors (Lipinski definition) is 2. The summed E-state index contributed by atoms with van der Waals surface area (Å²) in [6, 6.07) is 8.22. The molecule has 21 heavy (non-hydrogen) atoms. The molecule has 1 aliphatic rings. The Morgan fingerprint density at radius 1 is 1.24 bits per heavy atom. The molecule has 0 spiro atoms. The summed E-state index contributed by atoms with van der Waals surface area (Å²) < 4.78 is 26.4. The Morgan fingerprint density at radius 2 is 1.81 bits per heavy atom. The largest absolute Gasteiger partial charge is 0.514 e. The highest BCUT2D eigenvalue weighted by Gasteiger charge is 2.71. The van der Waals surface area contributed by atoms with Crippen molar-refractivity contribution in [2.75, 3.05) is 6.54 Å². The third-order valence-electron chi connectivity index (χ3n) is 4.17. The van der Waals surface area contributed by atoms with Gasteiger partial charge in [0.15, 0.2) is 6.54 Å². The SMILES string of the molecule is C[C@@]1(C(=O)O)CC(F)(F)C[N@+]1(Cc1ccccc1)C(=O)O. The van der Waals surface area contributed by atoms with Gasteiger partial charge in [-0.2, -0.15) is 9.28 Å². The molecular weight excluding hydrogens is 284 g/mol. The van der Waals surface area contributed by atoms with Gasteiger partial charge in [0.05, 0.1) is 6.42 Å². The number of likely N-dealkylation sites (tertiary alicyclic amines) is 1. The number of carboxylic acid groups (broad SMARTS) is 2. The zero-order chi connectivity index (χ0) is 15.9. The third kappa shape index (κ3) is 2.37. The average molecular weight is 300 g/mol. The number of aliphatic carboxylic acids is 1. The van der Waals surface area contributed by atoms with E-state index in [0.29, 0.717) is 5.56 Å². The van der Waals surface area contributed by atoms with Crippen LogP contribution >= 0.6 is 0 Å². The van der Waals surface area contributed by atoms with Crippen molar-refractivity contribution in [3.05, 3.63) is 35.9 Å². The summed E-state index contributed by atoms with van der Waals surface area (Å²) in [4.78, 5) is 23.2. The Bertz CT molecular complexity index is 578. The van der Waals surface area contributed by atoms with Crippen LogP contribution in [0.1, 0.15) is 18.9 Å². The number of carboxylic acids is 1. The van der Waals surface area contributed by atoms with Crippen molar-refractivity contribution < 1.29 is 33.1 Å². The van der Waals surface area contributed by atoms with E-state index in [-0.39, 0.29) is 6.54 Å². The fourth-order valence-corrected chi connectivity index (χ4v) is 3.01. The first-order valence-electron chi connectivity index (χ1n) is 6.39. The number of carbonyl (C=O) groups is 2. The molecule has 1 aromatic rings. The molecule has 1 amide bonds. The number of amides is 1. The lowest BCUT2D eigenvalue weighted by atomic mass is 9.95. The van der Waals surface area contributed by atoms with Gasteiger partial charge >= 0.3 is 18.0 Å². The number of hydrogen-bond acceptors (Lipinski definition) is 2. The van der Waals surface area contributed by atoms with Gasteiger partial charge in [-0.05, 0) is 0 Å². The minimum atomic E-state index is -3.33. The van der Waals surface area contributed by atoms with Crippen molar-refractivity contribution in [2.24, 2.45) is 0 Å². The van der Waals surface area contributed by atoms with Crippen molar-refractivity contribution in [1.29, 1.82) is 0 Å². The summed E-state index contributed by atoms with van der Waals surface area (Å²) >= 11 is 0. The van der Waals surface area contributed by atoms with Crippen LogP contribution < -0.4 is 0 Å². The van der Waals surface area contributed by atoms with E-state index in [1.54, 1.807) is 30.3 Å². The standard InChI is InChI=1S/C14H15F2NO4/c1-13(11(18)19)8-14(15,16)9-17(13,12(20)21)7-10-5-3-2-4-6-10/h2-6H,7-9H2,1H3,(H-,18,19,20,21)/p+1/t13-,17+/m0/s1. The van der Waals surface area contributed by atoms with Crippen LogP contribution in [-0.2, 0) is 11.3 Å². The molecule has 0 aliphatic carbocycles. The summed E-state index contributed by atoms with van der Waals surface area (Å²) in [5.41, 5.74) is -1.57. The van der Waals surface area contributed by atoms with Gasteiger partial charge in [0.2, 0.25) is 5.54 Å². The first kappa shape index (κ1) is 15.4. The molecular formula is C14H16F2NO4+. The molecule has 0 bridgehead atoms. The van der Waals surface area contributed by atoms with Gasteiger partial charge in [0.25, 0.3) is 0 Å². The summed E-state index contributed by atoms with van der Waals surface area (Å²) in [7, 11) is 0. The molecule has 0 aromatic heterocycles. The zero-order valence-corrected chi connectivity index (χ0v) is 11.4. The van der Waals surface area contributed by atoms with Gasteiger partial charge in [-0.1, -0.05) is 30.3 Å². The molecule has 114 valence electrons. The Kier molecular flexibility index (Phi) is 3.49. The number of halogens is 2. The van der Waals surface area contributed by atoms with E-state index in [9.17, 15) is 28.6 Å². The molecule has 2 N–H and O–H groups in total. The predicted molar refractivity (Wildman–Crippen MR) is 68.9 cm³/mol. The van der Waals surface area contributed by atoms with Crippen LogP contribution in [0.2, 0.25) is 0 Å². The average Bonchev–Trinajstić information content (AvgIpc) is 2.59. The molecule has 1 heterocycles. The normalized spacial score (nSPS) is 31.0. The second-order valence-electron chi connectivity index (χ2n) is 5.66. The summed E-state index contributed by atoms with van der Waals surface area (Å²) in [5, 5.41) is 18.9. The molecule has 5 nitrogen and oxygen atoms in total. The molecule has 0 radical (unpaired) electrons. The van der Waals surface area contributed by atoms with Gasteiger partial charge in [-0.3, -0.25) is 0 Å². The zero-order valence-electron chi connectivity index (χ0n) is 11.4. The van der Waals surface area contributed by atoms with E-state index in [1.807, 2.05) is 0 Å². The molecule has 0 saturated carbocycles. The summed E-state index contributed by atoms with van der Waals surface area (Å²) in [6.07, 6.45) is -2.55. The Morgan fingerprint density at radius 3 is 2.29 bits per heavy atom. The Hall–Kier alpha value is -2.02. The number of nitrogens with zero attached hydrogens (tertiary/aromatic N) is 1. The van der Waals surface area contributed by atoms with Gasteiger partial charge in [0, 0.05) is 12.5 Å². The van der Waals surface area contributed by atoms with Crippen LogP contribution in [0, 0.1) is 0 Å². The number of quaternary nitrogens is 1. The van der Waals surface area contributed by atoms with E-state index in [4.69, 9.17) is 0 Å². The van der Waals surface area contributed by atoms with Gasteiger partial charge < -0.3 is 10.2 Å². The number of benzene rings is 1. The van der Waals surface area contributed by atoms with Crippen LogP contribution in [0.15, 0.2) is 30.3 Å². The maximum Gasteiger partial charge on any atom is 0.514 e. The first-order valence-corrected chi connectivity index (χ1v) is 6.39. The lowest BCUT2D eigenvalue weighted by Crippen LogP contribution is -2.65. The minimum Gasteiger partial charge on any atom is -0.477 e. The Balaban J connectivity index is 2.54. The van der Waals surface area contributed by atoms with Crippen molar-refractivity contribution in [2.45, 2.75) is 31.4 Å². The lowest BCUT2D eigenvalue weighted by molar-refractivity contribution is -0.900. The maximum absolute atomic E-state index is 13.8. The van der Waals surface area contributed by atoms with Gasteiger partial charge in [-0.15, -0.1) is 0 Å². The van der Waals surface area contributed by atoms with Crippen LogP contribution in [-0.4, -0.2) is 44.8 Å². The first-order chi connectivity index (χ1) is 9.63. The Labute approximate surface area is 120 Å². The van der Waals surface area contributed by atoms with Crippen molar-refractivity contribution in [1.82, 2.24) is 0 Å². The highest BCUT2D eigenvalue weighted by molar-refractivity contribution is 5.80. The minimum absolute atomic E-state index is 0.297. The predicted octanol–water partition coefficient (Wildman–Crippen LogP) is 2.56. The van der Waals surface area contributed by atoms with Crippen LogP contribution in [0.5, 0.6) is 0 Å². The number of rotatable bonds is 3. The second-order valence-corrected chi connectivity index (χ2v) is 5.66. The third-order valence-corrected chi connectivity index (χ3v) is 4.17. The maximum atomic E-state index is 13.8. The molecule has 1 saturated heterocycles. The molecule has 1 fully saturated rings. The van der Waals surface area contributed by atoms with Crippen LogP contribution in [0.4, 0.5) is 13.6 Å². The summed E-state index contributed by atoms with van der Waals surface area (Å²) in [5.74, 6) is -4.86. The molecule has 2 rings (SSSR count). The van der Waals surface area contributed by atoms with E-state index in [1.165, 1.54) is 0 Å². The van der Waals surface area contributed by atoms with E-state index < -0.39 is 41.0 Å². The highest BCUT2D eigenvalue weighted by Crippen LogP contribution is 2.47. The van der Waals surface area contributed by atoms with Gasteiger partial charge in [0.1, 0.15) is 6.54 Å². The molecule has 1 aliphatic heterocycles. The second kappa shape index (κ2) is 4.77. The van der Waals surface area contributed by atoms with Crippen LogP contribution in [0.25, 0.3) is 0 Å². The van der Waals surface area contributed by atoms with E-state index >= 15 is 0 Å². The number of alkyl halides is 2. The van der Waals surface area contributed by atoms with Gasteiger partial charge in [-0.25, -0.2) is 13.6 Å². The topological polar surface area (TPSA) is 74.6 Å².